The summed E-state index contributed by atoms with van der Waals surface area (Å²) in [5.74, 6) is 0.140. The fourth-order valence-corrected chi connectivity index (χ4v) is 0.879. The quantitative estimate of drug-likeness (QED) is 0.534. The highest BCUT2D eigenvalue weighted by Crippen LogP contribution is 2.01. The molecule has 1 aromatic rings. The lowest BCUT2D eigenvalue weighted by molar-refractivity contribution is 0.324. The molecule has 0 aliphatic heterocycles. The predicted octanol–water partition coefficient (Wildman–Crippen LogP) is 1.75. The molecule has 0 aliphatic rings. The molecule has 3 nitrogen and oxygen atoms in total. The van der Waals surface area contributed by atoms with Gasteiger partial charge in [0.25, 0.3) is 0 Å². The topological polar surface area (TPSA) is 46.0 Å². The number of aromatic nitrogens is 1. The van der Waals surface area contributed by atoms with Crippen molar-refractivity contribution in [3.8, 4) is 0 Å². The number of nitrogens with one attached hydrogen (secondary N) is 1. The second-order valence-electron chi connectivity index (χ2n) is 2.48. The number of pyridine rings is 1. The lowest BCUT2D eigenvalue weighted by atomic mass is 10.2. The molecule has 64 valence electrons. The molecule has 1 rings (SSSR count). The zero-order chi connectivity index (χ0) is 8.97. The molecule has 0 saturated heterocycles. The number of rotatable bonds is 2. The van der Waals surface area contributed by atoms with Crippen molar-refractivity contribution in [2.75, 3.05) is 6.61 Å². The van der Waals surface area contributed by atoms with Gasteiger partial charge in [0.05, 0.1) is 6.61 Å². The smallest absolute Gasteiger partial charge is 0.232 e. The van der Waals surface area contributed by atoms with E-state index in [2.05, 4.69) is 4.98 Å². The van der Waals surface area contributed by atoms with Gasteiger partial charge in [-0.05, 0) is 31.5 Å². The van der Waals surface area contributed by atoms with Crippen molar-refractivity contribution < 1.29 is 4.74 Å². The summed E-state index contributed by atoms with van der Waals surface area (Å²) in [5, 5.41) is 7.44. The van der Waals surface area contributed by atoms with Gasteiger partial charge in [0.15, 0.2) is 0 Å². The highest BCUT2D eigenvalue weighted by atomic mass is 16.5. The summed E-state index contributed by atoms with van der Waals surface area (Å²) in [5.41, 5.74) is 1.68. The monoisotopic (exact) mass is 164 g/mol. The Balaban J connectivity index is 2.81. The fourth-order valence-electron chi connectivity index (χ4n) is 0.879. The normalized spacial score (nSPS) is 9.50. The first-order valence-electron chi connectivity index (χ1n) is 3.88. The maximum Gasteiger partial charge on any atom is 0.232 e. The molecule has 0 amide bonds. The Bertz CT molecular complexity index is 284. The zero-order valence-electron chi connectivity index (χ0n) is 7.29. The van der Waals surface area contributed by atoms with E-state index < -0.39 is 0 Å². The average Bonchev–Trinajstić information content (AvgIpc) is 2.05. The molecule has 0 fully saturated rings. The van der Waals surface area contributed by atoms with Gasteiger partial charge in [0, 0.05) is 6.20 Å². The Hall–Kier alpha value is -1.38. The van der Waals surface area contributed by atoms with Gasteiger partial charge < -0.3 is 4.74 Å². The van der Waals surface area contributed by atoms with Gasteiger partial charge >= 0.3 is 0 Å². The van der Waals surface area contributed by atoms with Gasteiger partial charge in [-0.3, -0.25) is 10.4 Å². The first kappa shape index (κ1) is 8.71. The van der Waals surface area contributed by atoms with E-state index in [1.807, 2.05) is 26.0 Å². The number of hydrogen-bond acceptors (Lipinski definition) is 3. The largest absolute Gasteiger partial charge is 0.477 e. The molecule has 0 aromatic carbocycles. The van der Waals surface area contributed by atoms with Crippen molar-refractivity contribution in [2.45, 2.75) is 13.8 Å². The molecule has 0 radical (unpaired) electrons. The fraction of sp³-hybridized carbons (Fsp3) is 0.333. The second kappa shape index (κ2) is 3.85. The van der Waals surface area contributed by atoms with Crippen molar-refractivity contribution in [3.05, 3.63) is 29.6 Å². The third kappa shape index (κ3) is 2.05. The summed E-state index contributed by atoms with van der Waals surface area (Å²) >= 11 is 0. The van der Waals surface area contributed by atoms with Crippen LogP contribution in [0.3, 0.4) is 0 Å². The van der Waals surface area contributed by atoms with Crippen LogP contribution in [0.5, 0.6) is 0 Å². The Kier molecular flexibility index (Phi) is 2.80. The van der Waals surface area contributed by atoms with Gasteiger partial charge in [-0.2, -0.15) is 0 Å². The molecule has 1 aromatic heterocycles. The number of hydrogen-bond donors (Lipinski definition) is 1. The van der Waals surface area contributed by atoms with Crippen LogP contribution in [-0.4, -0.2) is 17.5 Å². The van der Waals surface area contributed by atoms with E-state index in [9.17, 15) is 0 Å². The minimum atomic E-state index is 0.140. The minimum absolute atomic E-state index is 0.140. The molecule has 0 aliphatic carbocycles. The Labute approximate surface area is 71.9 Å². The van der Waals surface area contributed by atoms with Crippen LogP contribution in [0.2, 0.25) is 0 Å². The zero-order valence-corrected chi connectivity index (χ0v) is 7.29. The van der Waals surface area contributed by atoms with E-state index in [4.69, 9.17) is 10.1 Å². The summed E-state index contributed by atoms with van der Waals surface area (Å²) < 4.78 is 5.00. The molecular formula is C9H12N2O. The standard InChI is InChI=1S/C9H12N2O/c1-3-12-9(10)8-6-7(2)4-5-11-8/h4-6,10H,3H2,1-2H3. The molecule has 3 heteroatoms. The first-order chi connectivity index (χ1) is 5.74. The third-order valence-electron chi connectivity index (χ3n) is 1.44. The van der Waals surface area contributed by atoms with E-state index >= 15 is 0 Å². The van der Waals surface area contributed by atoms with Crippen LogP contribution < -0.4 is 0 Å². The van der Waals surface area contributed by atoms with E-state index in [1.165, 1.54) is 0 Å². The summed E-state index contributed by atoms with van der Waals surface area (Å²) in [6.45, 7) is 4.32. The Morgan fingerprint density at radius 1 is 1.67 bits per heavy atom. The second-order valence-corrected chi connectivity index (χ2v) is 2.48. The van der Waals surface area contributed by atoms with Gasteiger partial charge in [0.1, 0.15) is 5.69 Å². The number of ether oxygens (including phenoxy) is 1. The van der Waals surface area contributed by atoms with Crippen molar-refractivity contribution in [1.29, 1.82) is 5.41 Å². The molecule has 0 saturated carbocycles. The van der Waals surface area contributed by atoms with Crippen LogP contribution in [0.15, 0.2) is 18.3 Å². The SMILES string of the molecule is CCOC(=N)c1cc(C)ccn1. The molecule has 0 unspecified atom stereocenters. The lowest BCUT2D eigenvalue weighted by Gasteiger charge is -2.03. The van der Waals surface area contributed by atoms with Crippen LogP contribution in [0.4, 0.5) is 0 Å². The summed E-state index contributed by atoms with van der Waals surface area (Å²) in [7, 11) is 0. The molecular weight excluding hydrogens is 152 g/mol. The number of aryl methyl sites for hydroxylation is 1. The van der Waals surface area contributed by atoms with Crippen LogP contribution in [0.25, 0.3) is 0 Å². The van der Waals surface area contributed by atoms with E-state index in [0.717, 1.165) is 5.56 Å². The van der Waals surface area contributed by atoms with Gasteiger partial charge in [0.2, 0.25) is 5.90 Å². The summed E-state index contributed by atoms with van der Waals surface area (Å²) in [4.78, 5) is 4.01. The average molecular weight is 164 g/mol. The van der Waals surface area contributed by atoms with Crippen LogP contribution in [0, 0.1) is 12.3 Å². The molecule has 1 N–H and O–H groups in total. The third-order valence-corrected chi connectivity index (χ3v) is 1.44. The maximum absolute atomic E-state index is 7.44. The molecule has 12 heavy (non-hydrogen) atoms. The summed E-state index contributed by atoms with van der Waals surface area (Å²) in [6.07, 6.45) is 1.68. The minimum Gasteiger partial charge on any atom is -0.477 e. The maximum atomic E-state index is 7.44. The Morgan fingerprint density at radius 2 is 2.42 bits per heavy atom. The van der Waals surface area contributed by atoms with Gasteiger partial charge in [-0.25, -0.2) is 0 Å². The van der Waals surface area contributed by atoms with Crippen LogP contribution in [0.1, 0.15) is 18.2 Å². The highest BCUT2D eigenvalue weighted by Gasteiger charge is 2.01. The van der Waals surface area contributed by atoms with Crippen molar-refractivity contribution >= 4 is 5.90 Å². The van der Waals surface area contributed by atoms with Crippen molar-refractivity contribution in [3.63, 3.8) is 0 Å². The molecule has 0 atom stereocenters. The molecule has 0 bridgehead atoms. The van der Waals surface area contributed by atoms with E-state index in [-0.39, 0.29) is 5.90 Å². The Morgan fingerprint density at radius 3 is 3.00 bits per heavy atom. The van der Waals surface area contributed by atoms with Crippen LogP contribution >= 0.6 is 0 Å². The molecule has 0 spiro atoms. The van der Waals surface area contributed by atoms with E-state index in [1.54, 1.807) is 6.20 Å². The van der Waals surface area contributed by atoms with Crippen LogP contribution in [-0.2, 0) is 4.74 Å². The van der Waals surface area contributed by atoms with E-state index in [0.29, 0.717) is 12.3 Å². The lowest BCUT2D eigenvalue weighted by Crippen LogP contribution is -2.06. The van der Waals surface area contributed by atoms with Gasteiger partial charge in [-0.1, -0.05) is 0 Å². The predicted molar refractivity (Wildman–Crippen MR) is 47.4 cm³/mol. The number of nitrogens with zero attached hydrogens (tertiary/aromatic N) is 1. The first-order valence-corrected chi connectivity index (χ1v) is 3.88. The highest BCUT2D eigenvalue weighted by molar-refractivity contribution is 5.89. The molecule has 1 heterocycles. The van der Waals surface area contributed by atoms with Crippen molar-refractivity contribution in [1.82, 2.24) is 4.98 Å². The summed E-state index contributed by atoms with van der Waals surface area (Å²) in [6, 6.07) is 3.72. The van der Waals surface area contributed by atoms with Gasteiger partial charge in [-0.15, -0.1) is 0 Å². The van der Waals surface area contributed by atoms with Crippen molar-refractivity contribution in [2.24, 2.45) is 0 Å².